The highest BCUT2D eigenvalue weighted by molar-refractivity contribution is 5.29. The summed E-state index contributed by atoms with van der Waals surface area (Å²) in [6.45, 7) is 9.09. The summed E-state index contributed by atoms with van der Waals surface area (Å²) in [5, 5.41) is 0. The average molecular weight is 181 g/mol. The molecule has 13 heavy (non-hydrogen) atoms. The molecule has 1 aromatic rings. The zero-order valence-electron chi connectivity index (χ0n) is 7.48. The van der Waals surface area contributed by atoms with Gasteiger partial charge in [-0.15, -0.1) is 0 Å². The number of halogens is 2. The van der Waals surface area contributed by atoms with Gasteiger partial charge in [-0.1, -0.05) is 12.2 Å². The zero-order chi connectivity index (χ0) is 10.0. The molecule has 2 heteroatoms. The Balaban J connectivity index is 3.12. The fourth-order valence-corrected chi connectivity index (χ4v) is 1.05. The van der Waals surface area contributed by atoms with Gasteiger partial charge in [-0.05, 0) is 37.6 Å². The number of hydrogen-bond acceptors (Lipinski definition) is 0. The summed E-state index contributed by atoms with van der Waals surface area (Å²) < 4.78 is 25.9. The lowest BCUT2D eigenvalue weighted by molar-refractivity contribution is 0.583. The highest BCUT2D eigenvalue weighted by atomic mass is 19.1. The minimum atomic E-state index is -0.452. The molecule has 0 heterocycles. The van der Waals surface area contributed by atoms with Gasteiger partial charge >= 0.3 is 0 Å². The first kappa shape index (κ1) is 9.90. The number of allylic oxidation sites excluding steroid dienone is 1. The summed E-state index contributed by atoms with van der Waals surface area (Å²) in [4.78, 5) is 0. The average Bonchev–Trinajstić information content (AvgIpc) is 2.08. The van der Waals surface area contributed by atoms with Gasteiger partial charge in [0.2, 0.25) is 0 Å². The van der Waals surface area contributed by atoms with Crippen molar-refractivity contribution in [3.05, 3.63) is 54.5 Å². The highest BCUT2D eigenvalue weighted by Crippen LogP contribution is 2.24. The van der Waals surface area contributed by atoms with E-state index in [1.54, 1.807) is 6.92 Å². The van der Waals surface area contributed by atoms with E-state index < -0.39 is 17.6 Å². The second-order valence-electron chi connectivity index (χ2n) is 3.06. The van der Waals surface area contributed by atoms with Crippen LogP contribution in [0.3, 0.4) is 0 Å². The molecule has 0 aliphatic rings. The Bertz CT molecular complexity index is 329. The Labute approximate surface area is 76.9 Å². The molecule has 0 fully saturated rings. The van der Waals surface area contributed by atoms with Gasteiger partial charge in [0.25, 0.3) is 0 Å². The summed E-state index contributed by atoms with van der Waals surface area (Å²) in [5.74, 6) is -1.29. The number of benzene rings is 1. The Hall–Kier alpha value is -1.18. The van der Waals surface area contributed by atoms with Crippen LogP contribution in [0.2, 0.25) is 0 Å². The van der Waals surface area contributed by atoms with Gasteiger partial charge < -0.3 is 0 Å². The third-order valence-electron chi connectivity index (χ3n) is 1.93. The summed E-state index contributed by atoms with van der Waals surface area (Å²) in [6, 6.07) is 3.34. The topological polar surface area (TPSA) is 0 Å². The molecule has 0 amide bonds. The predicted octanol–water partition coefficient (Wildman–Crippen LogP) is 3.46. The van der Waals surface area contributed by atoms with E-state index in [0.717, 1.165) is 18.2 Å². The fraction of sp³-hybridized carbons (Fsp3) is 0.182. The maximum Gasteiger partial charge on any atom is 0.127 e. The quantitative estimate of drug-likeness (QED) is 0.613. The van der Waals surface area contributed by atoms with Crippen molar-refractivity contribution in [1.82, 2.24) is 0 Å². The van der Waals surface area contributed by atoms with Crippen molar-refractivity contribution >= 4 is 0 Å². The van der Waals surface area contributed by atoms with Crippen LogP contribution in [0.4, 0.5) is 8.78 Å². The van der Waals surface area contributed by atoms with Crippen molar-refractivity contribution in [2.45, 2.75) is 12.8 Å². The second kappa shape index (κ2) is 3.69. The molecular weight excluding hydrogens is 170 g/mol. The summed E-state index contributed by atoms with van der Waals surface area (Å²) in [7, 11) is 0. The molecule has 0 nitrogen and oxygen atoms in total. The molecule has 1 rings (SSSR count). The first-order chi connectivity index (χ1) is 6.02. The van der Waals surface area contributed by atoms with Crippen LogP contribution < -0.4 is 0 Å². The lowest BCUT2D eigenvalue weighted by atomic mass is 9.94. The molecule has 69 valence electrons. The van der Waals surface area contributed by atoms with Gasteiger partial charge in [0, 0.05) is 5.92 Å². The van der Waals surface area contributed by atoms with E-state index in [2.05, 4.69) is 13.5 Å². The lowest BCUT2D eigenvalue weighted by Gasteiger charge is -2.12. The maximum absolute atomic E-state index is 13.1. The van der Waals surface area contributed by atoms with Crippen LogP contribution in [0.1, 0.15) is 18.4 Å². The Kier molecular flexibility index (Phi) is 2.81. The molecule has 0 N–H and O–H groups in total. The van der Waals surface area contributed by atoms with Crippen molar-refractivity contribution in [3.63, 3.8) is 0 Å². The molecule has 0 saturated carbocycles. The molecule has 0 spiro atoms. The van der Waals surface area contributed by atoms with Crippen LogP contribution in [0.15, 0.2) is 30.4 Å². The standard InChI is InChI=1S/C11H11F2/c1-7(2)8(3)10-6-9(12)4-5-11(10)13/h4-6,8H,1,3H2,2H3. The van der Waals surface area contributed by atoms with E-state index in [1.807, 2.05) is 0 Å². The molecule has 1 radical (unpaired) electrons. The molecule has 1 unspecified atom stereocenters. The van der Waals surface area contributed by atoms with Crippen LogP contribution >= 0.6 is 0 Å². The molecule has 0 aliphatic heterocycles. The van der Waals surface area contributed by atoms with Crippen LogP contribution in [0, 0.1) is 18.6 Å². The van der Waals surface area contributed by atoms with Gasteiger partial charge in [0.15, 0.2) is 0 Å². The Morgan fingerprint density at radius 1 is 1.38 bits per heavy atom. The predicted molar refractivity (Wildman–Crippen MR) is 49.3 cm³/mol. The minimum absolute atomic E-state index is 0.257. The molecule has 1 aromatic carbocycles. The smallest absolute Gasteiger partial charge is 0.127 e. The molecule has 1 atom stereocenters. The van der Waals surface area contributed by atoms with E-state index in [9.17, 15) is 8.78 Å². The van der Waals surface area contributed by atoms with Crippen LogP contribution in [-0.4, -0.2) is 0 Å². The van der Waals surface area contributed by atoms with Crippen molar-refractivity contribution in [2.75, 3.05) is 0 Å². The lowest BCUT2D eigenvalue weighted by Crippen LogP contribution is -1.99. The van der Waals surface area contributed by atoms with Gasteiger partial charge in [0.1, 0.15) is 11.6 Å². The molecule has 0 bridgehead atoms. The summed E-state index contributed by atoms with van der Waals surface area (Å²) in [5.41, 5.74) is 0.969. The highest BCUT2D eigenvalue weighted by Gasteiger charge is 2.12. The van der Waals surface area contributed by atoms with Gasteiger partial charge in [-0.25, -0.2) is 8.78 Å². The first-order valence-electron chi connectivity index (χ1n) is 3.96. The van der Waals surface area contributed by atoms with E-state index in [-0.39, 0.29) is 5.56 Å². The SMILES string of the molecule is [CH2]C(C(=C)C)c1cc(F)ccc1F. The maximum atomic E-state index is 13.1. The van der Waals surface area contributed by atoms with E-state index in [1.165, 1.54) is 0 Å². The molecule has 0 aliphatic carbocycles. The normalized spacial score (nSPS) is 12.6. The summed E-state index contributed by atoms with van der Waals surface area (Å²) in [6.07, 6.45) is 0. The van der Waals surface area contributed by atoms with Crippen LogP contribution in [-0.2, 0) is 0 Å². The first-order valence-corrected chi connectivity index (χ1v) is 3.96. The second-order valence-corrected chi connectivity index (χ2v) is 3.06. The van der Waals surface area contributed by atoms with Crippen LogP contribution in [0.5, 0.6) is 0 Å². The van der Waals surface area contributed by atoms with Gasteiger partial charge in [-0.3, -0.25) is 0 Å². The van der Waals surface area contributed by atoms with E-state index in [0.29, 0.717) is 5.57 Å². The number of rotatable bonds is 2. The van der Waals surface area contributed by atoms with Gasteiger partial charge in [0.05, 0.1) is 0 Å². The number of hydrogen-bond donors (Lipinski definition) is 0. The fourth-order valence-electron chi connectivity index (χ4n) is 1.05. The third kappa shape index (κ3) is 2.14. The van der Waals surface area contributed by atoms with Crippen LogP contribution in [0.25, 0.3) is 0 Å². The molecular formula is C11H11F2. The van der Waals surface area contributed by atoms with E-state index >= 15 is 0 Å². The summed E-state index contributed by atoms with van der Waals surface area (Å²) >= 11 is 0. The van der Waals surface area contributed by atoms with Crippen molar-refractivity contribution in [2.24, 2.45) is 0 Å². The Morgan fingerprint density at radius 3 is 2.54 bits per heavy atom. The minimum Gasteiger partial charge on any atom is -0.207 e. The third-order valence-corrected chi connectivity index (χ3v) is 1.93. The monoisotopic (exact) mass is 181 g/mol. The van der Waals surface area contributed by atoms with Crippen molar-refractivity contribution < 1.29 is 8.78 Å². The Morgan fingerprint density at radius 2 is 2.00 bits per heavy atom. The largest absolute Gasteiger partial charge is 0.207 e. The van der Waals surface area contributed by atoms with E-state index in [4.69, 9.17) is 0 Å². The zero-order valence-corrected chi connectivity index (χ0v) is 7.48. The molecule has 0 saturated heterocycles. The van der Waals surface area contributed by atoms with Gasteiger partial charge in [-0.2, -0.15) is 0 Å². The van der Waals surface area contributed by atoms with Crippen molar-refractivity contribution in [3.8, 4) is 0 Å². The van der Waals surface area contributed by atoms with Crippen molar-refractivity contribution in [1.29, 1.82) is 0 Å². The molecule has 0 aromatic heterocycles.